The van der Waals surface area contributed by atoms with Crippen molar-refractivity contribution in [2.75, 3.05) is 59.0 Å². The van der Waals surface area contributed by atoms with E-state index in [9.17, 15) is 9.59 Å². The number of piperidine rings is 1. The van der Waals surface area contributed by atoms with Gasteiger partial charge in [-0.25, -0.2) is 9.59 Å². The van der Waals surface area contributed by atoms with Gasteiger partial charge in [0.1, 0.15) is 0 Å². The van der Waals surface area contributed by atoms with Crippen molar-refractivity contribution in [3.05, 3.63) is 0 Å². The van der Waals surface area contributed by atoms with Gasteiger partial charge in [-0.1, -0.05) is 0 Å². The number of carbonyl (C=O) groups is 2. The number of nitrogens with one attached hydrogen (secondary N) is 1. The number of hydrogen-bond donors (Lipinski definition) is 1. The van der Waals surface area contributed by atoms with Gasteiger partial charge in [0.15, 0.2) is 0 Å². The number of nitrogens with zero attached hydrogens (tertiary/aromatic N) is 3. The first-order chi connectivity index (χ1) is 12.7. The van der Waals surface area contributed by atoms with Crippen LogP contribution in [0.3, 0.4) is 0 Å². The average molecular weight is 368 g/mol. The third-order valence-corrected chi connectivity index (χ3v) is 5.61. The van der Waals surface area contributed by atoms with Crippen LogP contribution in [0.15, 0.2) is 0 Å². The van der Waals surface area contributed by atoms with Crippen molar-refractivity contribution in [3.63, 3.8) is 0 Å². The number of hydrogen-bond acceptors (Lipinski definition) is 5. The molecule has 0 radical (unpaired) electrons. The predicted molar refractivity (Wildman–Crippen MR) is 97.1 cm³/mol. The lowest BCUT2D eigenvalue weighted by molar-refractivity contribution is 0.0560. The first kappa shape index (κ1) is 19.2. The molecule has 0 aromatic heterocycles. The molecule has 3 amide bonds. The summed E-state index contributed by atoms with van der Waals surface area (Å²) in [5.74, 6) is 0. The van der Waals surface area contributed by atoms with E-state index in [0.717, 1.165) is 71.6 Å². The normalized spacial score (nSPS) is 25.3. The van der Waals surface area contributed by atoms with E-state index in [1.54, 1.807) is 4.90 Å². The Morgan fingerprint density at radius 2 is 1.77 bits per heavy atom. The number of urea groups is 1. The highest BCUT2D eigenvalue weighted by Gasteiger charge is 2.30. The Morgan fingerprint density at radius 3 is 2.38 bits per heavy atom. The zero-order valence-electron chi connectivity index (χ0n) is 15.8. The highest BCUT2D eigenvalue weighted by molar-refractivity contribution is 5.74. The molecule has 0 aromatic rings. The zero-order valence-corrected chi connectivity index (χ0v) is 15.8. The predicted octanol–water partition coefficient (Wildman–Crippen LogP) is 1.11. The van der Waals surface area contributed by atoms with Crippen molar-refractivity contribution in [3.8, 4) is 0 Å². The van der Waals surface area contributed by atoms with Gasteiger partial charge in [0.25, 0.3) is 0 Å². The molecule has 3 fully saturated rings. The van der Waals surface area contributed by atoms with Gasteiger partial charge in [-0.15, -0.1) is 0 Å². The molecule has 3 saturated heterocycles. The molecule has 3 aliphatic heterocycles. The molecule has 26 heavy (non-hydrogen) atoms. The second-order valence-corrected chi connectivity index (χ2v) is 7.26. The van der Waals surface area contributed by atoms with Crippen LogP contribution in [-0.2, 0) is 9.47 Å². The molecule has 0 aliphatic carbocycles. The minimum atomic E-state index is -0.196. The van der Waals surface area contributed by atoms with Crippen molar-refractivity contribution in [1.82, 2.24) is 20.0 Å². The van der Waals surface area contributed by atoms with Crippen LogP contribution in [0.2, 0.25) is 0 Å². The maximum absolute atomic E-state index is 12.3. The SMILES string of the molecule is CCOC(=O)N1CCC(N2CCN(C(=O)NCC3CCCO3)CC2)CC1. The minimum absolute atomic E-state index is 0.0253. The second-order valence-electron chi connectivity index (χ2n) is 7.26. The van der Waals surface area contributed by atoms with Crippen molar-refractivity contribution in [2.24, 2.45) is 0 Å². The Hall–Kier alpha value is -1.54. The molecule has 0 saturated carbocycles. The molecule has 0 bridgehead atoms. The largest absolute Gasteiger partial charge is 0.450 e. The quantitative estimate of drug-likeness (QED) is 0.805. The van der Waals surface area contributed by atoms with E-state index in [0.29, 0.717) is 19.2 Å². The van der Waals surface area contributed by atoms with Crippen LogP contribution < -0.4 is 5.32 Å². The van der Waals surface area contributed by atoms with E-state index in [-0.39, 0.29) is 18.2 Å². The van der Waals surface area contributed by atoms with Crippen molar-refractivity contribution >= 4 is 12.1 Å². The van der Waals surface area contributed by atoms with Gasteiger partial charge < -0.3 is 24.6 Å². The number of piperazine rings is 1. The fourth-order valence-corrected chi connectivity index (χ4v) is 4.04. The summed E-state index contributed by atoms with van der Waals surface area (Å²) in [4.78, 5) is 30.3. The van der Waals surface area contributed by atoms with Crippen LogP contribution in [0.1, 0.15) is 32.6 Å². The lowest BCUT2D eigenvalue weighted by Crippen LogP contribution is -2.56. The maximum Gasteiger partial charge on any atom is 0.409 e. The maximum atomic E-state index is 12.3. The van der Waals surface area contributed by atoms with E-state index in [1.165, 1.54) is 0 Å². The summed E-state index contributed by atoms with van der Waals surface area (Å²) in [6, 6.07) is 0.523. The van der Waals surface area contributed by atoms with Gasteiger partial charge in [-0.05, 0) is 32.6 Å². The first-order valence-electron chi connectivity index (χ1n) is 9.97. The Balaban J connectivity index is 1.34. The van der Waals surface area contributed by atoms with Gasteiger partial charge in [0.05, 0.1) is 12.7 Å². The molecule has 1 unspecified atom stereocenters. The first-order valence-corrected chi connectivity index (χ1v) is 9.97. The molecule has 0 spiro atoms. The van der Waals surface area contributed by atoms with Crippen LogP contribution >= 0.6 is 0 Å². The summed E-state index contributed by atoms with van der Waals surface area (Å²) in [5, 5.41) is 3.00. The zero-order chi connectivity index (χ0) is 18.4. The lowest BCUT2D eigenvalue weighted by atomic mass is 10.0. The molecular formula is C18H32N4O4. The second kappa shape index (κ2) is 9.41. The summed E-state index contributed by atoms with van der Waals surface area (Å²) in [7, 11) is 0. The summed E-state index contributed by atoms with van der Waals surface area (Å²) >= 11 is 0. The lowest BCUT2D eigenvalue weighted by Gasteiger charge is -2.42. The minimum Gasteiger partial charge on any atom is -0.450 e. The molecule has 3 aliphatic rings. The molecule has 3 rings (SSSR count). The van der Waals surface area contributed by atoms with Crippen molar-refractivity contribution < 1.29 is 19.1 Å². The monoisotopic (exact) mass is 368 g/mol. The molecular weight excluding hydrogens is 336 g/mol. The van der Waals surface area contributed by atoms with E-state index >= 15 is 0 Å². The number of likely N-dealkylation sites (tertiary alicyclic amines) is 1. The Bertz CT molecular complexity index is 468. The molecule has 0 aromatic carbocycles. The molecule has 8 heteroatoms. The number of amides is 3. The smallest absolute Gasteiger partial charge is 0.409 e. The van der Waals surface area contributed by atoms with E-state index in [4.69, 9.17) is 9.47 Å². The topological polar surface area (TPSA) is 74.4 Å². The third kappa shape index (κ3) is 5.01. The number of carbonyl (C=O) groups excluding carboxylic acids is 2. The standard InChI is InChI=1S/C18H32N4O4/c1-2-25-18(24)22-7-5-15(6-8-22)20-9-11-21(12-10-20)17(23)19-14-16-4-3-13-26-16/h15-16H,2-14H2,1H3,(H,19,23). The highest BCUT2D eigenvalue weighted by atomic mass is 16.6. The third-order valence-electron chi connectivity index (χ3n) is 5.61. The van der Waals surface area contributed by atoms with E-state index in [2.05, 4.69) is 10.2 Å². The Morgan fingerprint density at radius 1 is 1.04 bits per heavy atom. The Kier molecular flexibility index (Phi) is 6.96. The van der Waals surface area contributed by atoms with E-state index in [1.807, 2.05) is 11.8 Å². The molecule has 8 nitrogen and oxygen atoms in total. The summed E-state index contributed by atoms with van der Waals surface area (Å²) < 4.78 is 10.6. The number of ether oxygens (including phenoxy) is 2. The molecule has 3 heterocycles. The molecule has 148 valence electrons. The Labute approximate surface area is 155 Å². The van der Waals surface area contributed by atoms with E-state index < -0.39 is 0 Å². The summed E-state index contributed by atoms with van der Waals surface area (Å²) in [6.45, 7) is 8.52. The fourth-order valence-electron chi connectivity index (χ4n) is 4.04. The summed E-state index contributed by atoms with van der Waals surface area (Å²) in [5.41, 5.74) is 0. The summed E-state index contributed by atoms with van der Waals surface area (Å²) in [6.07, 6.45) is 4.07. The van der Waals surface area contributed by atoms with Gasteiger partial charge in [-0.2, -0.15) is 0 Å². The van der Waals surface area contributed by atoms with Crippen LogP contribution in [0.25, 0.3) is 0 Å². The van der Waals surface area contributed by atoms with Gasteiger partial charge in [0, 0.05) is 58.5 Å². The van der Waals surface area contributed by atoms with Crippen molar-refractivity contribution in [1.29, 1.82) is 0 Å². The number of rotatable bonds is 4. The van der Waals surface area contributed by atoms with Crippen LogP contribution in [0, 0.1) is 0 Å². The molecule has 1 N–H and O–H groups in total. The van der Waals surface area contributed by atoms with Crippen LogP contribution in [0.4, 0.5) is 9.59 Å². The van der Waals surface area contributed by atoms with Crippen LogP contribution in [-0.4, -0.2) is 98.0 Å². The fraction of sp³-hybridized carbons (Fsp3) is 0.889. The van der Waals surface area contributed by atoms with Crippen LogP contribution in [0.5, 0.6) is 0 Å². The van der Waals surface area contributed by atoms with Gasteiger partial charge in [-0.3, -0.25) is 4.90 Å². The molecule has 1 atom stereocenters. The highest BCUT2D eigenvalue weighted by Crippen LogP contribution is 2.19. The van der Waals surface area contributed by atoms with Gasteiger partial charge >= 0.3 is 12.1 Å². The average Bonchev–Trinajstić information content (AvgIpc) is 3.20. The van der Waals surface area contributed by atoms with Crippen molar-refractivity contribution in [2.45, 2.75) is 44.8 Å². The van der Waals surface area contributed by atoms with Gasteiger partial charge in [0.2, 0.25) is 0 Å².